The lowest BCUT2D eigenvalue weighted by Gasteiger charge is -2.34. The molecule has 21 heavy (non-hydrogen) atoms. The van der Waals surface area contributed by atoms with Gasteiger partial charge < -0.3 is 14.2 Å². The Bertz CT molecular complexity index is 578. The van der Waals surface area contributed by atoms with Gasteiger partial charge in [0.25, 0.3) is 0 Å². The molecule has 0 radical (unpaired) electrons. The predicted molar refractivity (Wildman–Crippen MR) is 76.9 cm³/mol. The van der Waals surface area contributed by atoms with Gasteiger partial charge in [-0.1, -0.05) is 6.92 Å². The highest BCUT2D eigenvalue weighted by Gasteiger charge is 2.50. The van der Waals surface area contributed by atoms with Crippen LogP contribution in [0.1, 0.15) is 35.7 Å². The van der Waals surface area contributed by atoms with E-state index in [0.29, 0.717) is 36.3 Å². The normalized spacial score (nSPS) is 20.7. The first kappa shape index (κ1) is 15.4. The van der Waals surface area contributed by atoms with E-state index in [1.807, 2.05) is 6.92 Å². The molecule has 0 fully saturated rings. The molecule has 0 unspecified atom stereocenters. The second-order valence-electron chi connectivity index (χ2n) is 5.08. The molecule has 0 spiro atoms. The summed E-state index contributed by atoms with van der Waals surface area (Å²) >= 11 is 0. The van der Waals surface area contributed by atoms with Gasteiger partial charge in [0.1, 0.15) is 16.9 Å². The van der Waals surface area contributed by atoms with E-state index in [1.54, 1.807) is 19.2 Å². The minimum absolute atomic E-state index is 0.242. The highest BCUT2D eigenvalue weighted by Crippen LogP contribution is 2.45. The molecule has 0 N–H and O–H groups in total. The number of hydrogen-bond acceptors (Lipinski definition) is 5. The van der Waals surface area contributed by atoms with Crippen LogP contribution in [0.2, 0.25) is 0 Å². The quantitative estimate of drug-likeness (QED) is 0.630. The van der Waals surface area contributed by atoms with Crippen LogP contribution in [0.15, 0.2) is 12.1 Å². The van der Waals surface area contributed by atoms with Gasteiger partial charge in [0.2, 0.25) is 0 Å². The molecule has 2 rings (SSSR count). The lowest BCUT2D eigenvalue weighted by Crippen LogP contribution is -2.43. The van der Waals surface area contributed by atoms with Crippen molar-refractivity contribution in [1.82, 2.24) is 0 Å². The molecule has 5 nitrogen and oxygen atoms in total. The molecule has 5 heteroatoms. The Morgan fingerprint density at radius 2 is 1.81 bits per heavy atom. The van der Waals surface area contributed by atoms with Crippen LogP contribution in [0.25, 0.3) is 0 Å². The minimum atomic E-state index is -1.12. The van der Waals surface area contributed by atoms with E-state index in [1.165, 1.54) is 14.2 Å². The van der Waals surface area contributed by atoms with Crippen LogP contribution in [0.4, 0.5) is 0 Å². The van der Waals surface area contributed by atoms with E-state index in [9.17, 15) is 9.59 Å². The number of carbonyl (C=O) groups excluding carboxylic acids is 2. The predicted octanol–water partition coefficient (Wildman–Crippen LogP) is 2.40. The zero-order valence-electron chi connectivity index (χ0n) is 12.8. The third-order valence-corrected chi connectivity index (χ3v) is 4.31. The molecule has 0 aromatic heterocycles. The fraction of sp³-hybridized carbons (Fsp3) is 0.500. The SMILES string of the molecule is CC[C@@]1(C(=O)OC)CCc2c(OC)ccc(OC)c2C1=O. The van der Waals surface area contributed by atoms with Gasteiger partial charge in [0, 0.05) is 5.56 Å². The average Bonchev–Trinajstić information content (AvgIpc) is 2.53. The molecule has 0 amide bonds. The molecule has 114 valence electrons. The van der Waals surface area contributed by atoms with Crippen LogP contribution in [0, 0.1) is 5.41 Å². The smallest absolute Gasteiger partial charge is 0.319 e. The molecule has 1 aromatic rings. The molecular weight excluding hydrogens is 272 g/mol. The summed E-state index contributed by atoms with van der Waals surface area (Å²) in [5.74, 6) is 0.394. The van der Waals surface area contributed by atoms with Crippen LogP contribution in [0.3, 0.4) is 0 Å². The van der Waals surface area contributed by atoms with Crippen molar-refractivity contribution in [2.75, 3.05) is 21.3 Å². The molecule has 0 saturated carbocycles. The summed E-state index contributed by atoms with van der Waals surface area (Å²) in [6.45, 7) is 1.83. The van der Waals surface area contributed by atoms with Crippen molar-refractivity contribution in [3.63, 3.8) is 0 Å². The highest BCUT2D eigenvalue weighted by atomic mass is 16.5. The zero-order valence-corrected chi connectivity index (χ0v) is 12.8. The molecule has 1 aliphatic rings. The first-order chi connectivity index (χ1) is 10.1. The van der Waals surface area contributed by atoms with Gasteiger partial charge in [0.05, 0.1) is 26.9 Å². The van der Waals surface area contributed by atoms with E-state index in [0.717, 1.165) is 5.56 Å². The van der Waals surface area contributed by atoms with Crippen LogP contribution in [-0.2, 0) is 16.0 Å². The van der Waals surface area contributed by atoms with Gasteiger partial charge in [-0.3, -0.25) is 9.59 Å². The molecule has 0 heterocycles. The van der Waals surface area contributed by atoms with Crippen LogP contribution in [0.5, 0.6) is 11.5 Å². The number of benzene rings is 1. The summed E-state index contributed by atoms with van der Waals surface area (Å²) in [6, 6.07) is 3.47. The van der Waals surface area contributed by atoms with Crippen molar-refractivity contribution in [2.45, 2.75) is 26.2 Å². The number of ketones is 1. The second-order valence-corrected chi connectivity index (χ2v) is 5.08. The molecular formula is C16H20O5. The number of carbonyl (C=O) groups is 2. The Labute approximate surface area is 124 Å². The van der Waals surface area contributed by atoms with Crippen molar-refractivity contribution in [3.05, 3.63) is 23.3 Å². The minimum Gasteiger partial charge on any atom is -0.496 e. The summed E-state index contributed by atoms with van der Waals surface area (Å²) in [4.78, 5) is 25.2. The largest absolute Gasteiger partial charge is 0.496 e. The third kappa shape index (κ3) is 2.17. The first-order valence-corrected chi connectivity index (χ1v) is 6.92. The van der Waals surface area contributed by atoms with Crippen molar-refractivity contribution >= 4 is 11.8 Å². The lowest BCUT2D eigenvalue weighted by molar-refractivity contribution is -0.150. The number of Topliss-reactive ketones (excluding diaryl/α,β-unsaturated/α-hetero) is 1. The average molecular weight is 292 g/mol. The highest BCUT2D eigenvalue weighted by molar-refractivity contribution is 6.15. The fourth-order valence-corrected chi connectivity index (χ4v) is 3.03. The van der Waals surface area contributed by atoms with Gasteiger partial charge in [-0.25, -0.2) is 0 Å². The van der Waals surface area contributed by atoms with Crippen LogP contribution >= 0.6 is 0 Å². The number of fused-ring (bicyclic) bond motifs is 1. The van der Waals surface area contributed by atoms with E-state index < -0.39 is 11.4 Å². The Morgan fingerprint density at radius 3 is 2.33 bits per heavy atom. The maximum Gasteiger partial charge on any atom is 0.319 e. The van der Waals surface area contributed by atoms with Crippen molar-refractivity contribution < 1.29 is 23.8 Å². The number of rotatable bonds is 4. The lowest BCUT2D eigenvalue weighted by atomic mass is 9.68. The van der Waals surface area contributed by atoms with Crippen molar-refractivity contribution in [3.8, 4) is 11.5 Å². The molecule has 1 aliphatic carbocycles. The van der Waals surface area contributed by atoms with Gasteiger partial charge in [-0.15, -0.1) is 0 Å². The van der Waals surface area contributed by atoms with Gasteiger partial charge in [-0.2, -0.15) is 0 Å². The fourth-order valence-electron chi connectivity index (χ4n) is 3.03. The third-order valence-electron chi connectivity index (χ3n) is 4.31. The number of hydrogen-bond donors (Lipinski definition) is 0. The van der Waals surface area contributed by atoms with Gasteiger partial charge >= 0.3 is 5.97 Å². The van der Waals surface area contributed by atoms with Crippen LogP contribution < -0.4 is 9.47 Å². The Kier molecular flexibility index (Phi) is 4.21. The van der Waals surface area contributed by atoms with E-state index in [2.05, 4.69) is 0 Å². The van der Waals surface area contributed by atoms with Crippen LogP contribution in [-0.4, -0.2) is 33.1 Å². The van der Waals surface area contributed by atoms with Crippen molar-refractivity contribution in [1.29, 1.82) is 0 Å². The standard InChI is InChI=1S/C16H20O5/c1-5-16(15(18)21-4)9-8-10-11(19-2)6-7-12(20-3)13(10)14(16)17/h6-7H,5,8-9H2,1-4H3/t16-/m1/s1. The maximum absolute atomic E-state index is 13.0. The summed E-state index contributed by atoms with van der Waals surface area (Å²) in [5.41, 5.74) is 0.117. The van der Waals surface area contributed by atoms with E-state index >= 15 is 0 Å². The summed E-state index contributed by atoms with van der Waals surface area (Å²) in [5, 5.41) is 0. The molecule has 0 aliphatic heterocycles. The summed E-state index contributed by atoms with van der Waals surface area (Å²) < 4.78 is 15.5. The Balaban J connectivity index is 2.64. The summed E-state index contributed by atoms with van der Waals surface area (Å²) in [7, 11) is 4.38. The monoisotopic (exact) mass is 292 g/mol. The summed E-state index contributed by atoms with van der Waals surface area (Å²) in [6.07, 6.45) is 1.40. The van der Waals surface area contributed by atoms with E-state index in [-0.39, 0.29) is 5.78 Å². The van der Waals surface area contributed by atoms with Crippen molar-refractivity contribution in [2.24, 2.45) is 5.41 Å². The molecule has 1 aromatic carbocycles. The number of ether oxygens (including phenoxy) is 3. The first-order valence-electron chi connectivity index (χ1n) is 6.92. The number of methoxy groups -OCH3 is 3. The van der Waals surface area contributed by atoms with Gasteiger partial charge in [-0.05, 0) is 31.4 Å². The molecule has 0 saturated heterocycles. The number of esters is 1. The molecule has 1 atom stereocenters. The zero-order chi connectivity index (χ0) is 15.6. The molecule has 0 bridgehead atoms. The Hall–Kier alpha value is -2.04. The van der Waals surface area contributed by atoms with E-state index in [4.69, 9.17) is 14.2 Å². The topological polar surface area (TPSA) is 61.8 Å². The van der Waals surface area contributed by atoms with Gasteiger partial charge in [0.15, 0.2) is 5.78 Å². The Morgan fingerprint density at radius 1 is 1.19 bits per heavy atom. The maximum atomic E-state index is 13.0. The second kappa shape index (κ2) is 5.76.